The second-order valence-corrected chi connectivity index (χ2v) is 5.03. The number of thioether (sulfide) groups is 1. The number of carbonyl (C=O) groups is 1. The molecule has 0 saturated carbocycles. The van der Waals surface area contributed by atoms with E-state index in [4.69, 9.17) is 0 Å². The van der Waals surface area contributed by atoms with Crippen molar-refractivity contribution in [3.63, 3.8) is 0 Å². The average molecular weight is 216 g/mol. The number of hydrogen-bond acceptors (Lipinski definition) is 3. The van der Waals surface area contributed by atoms with Crippen molar-refractivity contribution in [3.8, 4) is 0 Å². The lowest BCUT2D eigenvalue weighted by Crippen LogP contribution is -2.43. The largest absolute Gasteiger partial charge is 0.352 e. The van der Waals surface area contributed by atoms with E-state index in [1.807, 2.05) is 25.7 Å². The molecule has 14 heavy (non-hydrogen) atoms. The van der Waals surface area contributed by atoms with E-state index in [-0.39, 0.29) is 11.8 Å². The fourth-order valence-corrected chi connectivity index (χ4v) is 2.67. The van der Waals surface area contributed by atoms with E-state index in [0.29, 0.717) is 6.04 Å². The van der Waals surface area contributed by atoms with Crippen molar-refractivity contribution in [2.45, 2.75) is 25.8 Å². The van der Waals surface area contributed by atoms with Gasteiger partial charge in [0.2, 0.25) is 5.91 Å². The van der Waals surface area contributed by atoms with E-state index in [1.165, 1.54) is 12.2 Å². The fraction of sp³-hybridized carbons (Fsp3) is 0.900. The maximum Gasteiger partial charge on any atom is 0.224 e. The molecule has 0 spiro atoms. The van der Waals surface area contributed by atoms with Gasteiger partial charge in [0.25, 0.3) is 0 Å². The van der Waals surface area contributed by atoms with E-state index < -0.39 is 0 Å². The van der Waals surface area contributed by atoms with Gasteiger partial charge in [0.1, 0.15) is 0 Å². The van der Waals surface area contributed by atoms with Crippen LogP contribution < -0.4 is 10.6 Å². The number of rotatable bonds is 4. The van der Waals surface area contributed by atoms with Gasteiger partial charge in [-0.3, -0.25) is 4.79 Å². The SMILES string of the molecule is CNCC(C)C(=O)NC1CCCSC1. The normalized spacial score (nSPS) is 24.3. The molecule has 1 saturated heterocycles. The van der Waals surface area contributed by atoms with Crippen LogP contribution in [0.1, 0.15) is 19.8 Å². The summed E-state index contributed by atoms with van der Waals surface area (Å²) in [5.41, 5.74) is 0. The topological polar surface area (TPSA) is 41.1 Å². The molecule has 0 bridgehead atoms. The van der Waals surface area contributed by atoms with Gasteiger partial charge in [0, 0.05) is 24.3 Å². The highest BCUT2D eigenvalue weighted by atomic mass is 32.2. The fourth-order valence-electron chi connectivity index (χ4n) is 1.60. The first-order valence-corrected chi connectivity index (χ1v) is 6.42. The predicted octanol–water partition coefficient (Wildman–Crippen LogP) is 0.854. The molecule has 1 aliphatic heterocycles. The van der Waals surface area contributed by atoms with Crippen molar-refractivity contribution in [1.82, 2.24) is 10.6 Å². The third-order valence-corrected chi connectivity index (χ3v) is 3.68. The summed E-state index contributed by atoms with van der Waals surface area (Å²) in [6.07, 6.45) is 2.38. The van der Waals surface area contributed by atoms with Crippen molar-refractivity contribution >= 4 is 17.7 Å². The molecule has 1 fully saturated rings. The first-order valence-electron chi connectivity index (χ1n) is 5.26. The van der Waals surface area contributed by atoms with Crippen molar-refractivity contribution in [2.75, 3.05) is 25.1 Å². The Balaban J connectivity index is 2.24. The summed E-state index contributed by atoms with van der Waals surface area (Å²) in [6, 6.07) is 0.403. The van der Waals surface area contributed by atoms with Crippen LogP contribution in [0.5, 0.6) is 0 Å². The highest BCUT2D eigenvalue weighted by molar-refractivity contribution is 7.99. The Bertz CT molecular complexity index is 181. The van der Waals surface area contributed by atoms with E-state index in [9.17, 15) is 4.79 Å². The van der Waals surface area contributed by atoms with E-state index >= 15 is 0 Å². The summed E-state index contributed by atoms with van der Waals surface area (Å²) in [5.74, 6) is 2.59. The summed E-state index contributed by atoms with van der Waals surface area (Å²) >= 11 is 1.94. The molecule has 4 heteroatoms. The minimum Gasteiger partial charge on any atom is -0.352 e. The summed E-state index contributed by atoms with van der Waals surface area (Å²) in [4.78, 5) is 11.6. The maximum absolute atomic E-state index is 11.6. The number of hydrogen-bond donors (Lipinski definition) is 2. The molecular weight excluding hydrogens is 196 g/mol. The van der Waals surface area contributed by atoms with Gasteiger partial charge in [-0.2, -0.15) is 11.8 Å². The molecule has 1 amide bonds. The molecular formula is C10H20N2OS. The molecule has 0 aromatic heterocycles. The number of nitrogens with one attached hydrogen (secondary N) is 2. The predicted molar refractivity (Wildman–Crippen MR) is 61.6 cm³/mol. The first-order chi connectivity index (χ1) is 6.74. The average Bonchev–Trinajstić information content (AvgIpc) is 2.19. The van der Waals surface area contributed by atoms with Gasteiger partial charge >= 0.3 is 0 Å². The van der Waals surface area contributed by atoms with Crippen LogP contribution in [-0.2, 0) is 4.79 Å². The van der Waals surface area contributed by atoms with Crippen molar-refractivity contribution in [1.29, 1.82) is 0 Å². The second-order valence-electron chi connectivity index (χ2n) is 3.88. The summed E-state index contributed by atoms with van der Waals surface area (Å²) in [5, 5.41) is 6.12. The van der Waals surface area contributed by atoms with E-state index in [1.54, 1.807) is 0 Å². The zero-order valence-corrected chi connectivity index (χ0v) is 9.82. The van der Waals surface area contributed by atoms with Crippen molar-refractivity contribution in [3.05, 3.63) is 0 Å². The summed E-state index contributed by atoms with van der Waals surface area (Å²) in [7, 11) is 1.88. The van der Waals surface area contributed by atoms with Gasteiger partial charge in [-0.15, -0.1) is 0 Å². The zero-order chi connectivity index (χ0) is 10.4. The van der Waals surface area contributed by atoms with E-state index in [2.05, 4.69) is 10.6 Å². The van der Waals surface area contributed by atoms with Crippen LogP contribution in [-0.4, -0.2) is 37.0 Å². The van der Waals surface area contributed by atoms with Gasteiger partial charge in [-0.25, -0.2) is 0 Å². The molecule has 1 aliphatic rings. The smallest absolute Gasteiger partial charge is 0.224 e. The monoisotopic (exact) mass is 216 g/mol. The lowest BCUT2D eigenvalue weighted by atomic mass is 10.1. The minimum atomic E-state index is 0.0759. The van der Waals surface area contributed by atoms with Gasteiger partial charge < -0.3 is 10.6 Å². The molecule has 0 aromatic rings. The van der Waals surface area contributed by atoms with Gasteiger partial charge in [-0.1, -0.05) is 6.92 Å². The van der Waals surface area contributed by atoms with Gasteiger partial charge in [0.15, 0.2) is 0 Å². The summed E-state index contributed by atoms with van der Waals surface area (Å²) in [6.45, 7) is 2.72. The third-order valence-electron chi connectivity index (χ3n) is 2.46. The number of carbonyl (C=O) groups excluding carboxylic acids is 1. The second kappa shape index (κ2) is 6.30. The quantitative estimate of drug-likeness (QED) is 0.732. The minimum absolute atomic E-state index is 0.0759. The Morgan fingerprint density at radius 1 is 1.64 bits per heavy atom. The van der Waals surface area contributed by atoms with Crippen LogP contribution in [0.4, 0.5) is 0 Å². The Labute approximate surface area is 90.4 Å². The van der Waals surface area contributed by atoms with Gasteiger partial charge in [0.05, 0.1) is 0 Å². The Kier molecular flexibility index (Phi) is 5.33. The molecule has 2 N–H and O–H groups in total. The van der Waals surface area contributed by atoms with Crippen molar-refractivity contribution < 1.29 is 4.79 Å². The molecule has 0 aromatic carbocycles. The standard InChI is InChI=1S/C10H20N2OS/c1-8(6-11-2)10(13)12-9-4-3-5-14-7-9/h8-9,11H,3-7H2,1-2H3,(H,12,13). The number of amides is 1. The highest BCUT2D eigenvalue weighted by Gasteiger charge is 2.18. The van der Waals surface area contributed by atoms with Crippen molar-refractivity contribution in [2.24, 2.45) is 5.92 Å². The summed E-state index contributed by atoms with van der Waals surface area (Å²) < 4.78 is 0. The zero-order valence-electron chi connectivity index (χ0n) is 9.01. The van der Waals surface area contributed by atoms with Gasteiger partial charge in [-0.05, 0) is 25.6 Å². The lowest BCUT2D eigenvalue weighted by Gasteiger charge is -2.24. The maximum atomic E-state index is 11.6. The van der Waals surface area contributed by atoms with Crippen LogP contribution in [0, 0.1) is 5.92 Å². The molecule has 2 atom stereocenters. The molecule has 1 heterocycles. The van der Waals surface area contributed by atoms with Crippen LogP contribution in [0.2, 0.25) is 0 Å². The van der Waals surface area contributed by atoms with Crippen LogP contribution in [0.25, 0.3) is 0 Å². The van der Waals surface area contributed by atoms with E-state index in [0.717, 1.165) is 18.7 Å². The lowest BCUT2D eigenvalue weighted by molar-refractivity contribution is -0.125. The van der Waals surface area contributed by atoms with Crippen LogP contribution in [0.15, 0.2) is 0 Å². The molecule has 82 valence electrons. The van der Waals surface area contributed by atoms with Crippen LogP contribution in [0.3, 0.4) is 0 Å². The van der Waals surface area contributed by atoms with Crippen LogP contribution >= 0.6 is 11.8 Å². The highest BCUT2D eigenvalue weighted by Crippen LogP contribution is 2.17. The first kappa shape index (κ1) is 11.9. The molecule has 0 radical (unpaired) electrons. The Hall–Kier alpha value is -0.220. The third kappa shape index (κ3) is 3.88. The molecule has 3 nitrogen and oxygen atoms in total. The Morgan fingerprint density at radius 2 is 2.43 bits per heavy atom. The molecule has 1 rings (SSSR count). The Morgan fingerprint density at radius 3 is 3.00 bits per heavy atom. The molecule has 0 aliphatic carbocycles. The molecule has 2 unspecified atom stereocenters.